The lowest BCUT2D eigenvalue weighted by molar-refractivity contribution is -0.124. The standard InChI is InChI=1S/C28H38N4O3/c1-19(2)35-20(3)21-6-8-22(9-7-21)28(33)32-18-23-5-4-12-29-27(23)30-25-11-10-24(17-26(25)32)31-13-15-34-16-14-31/h4-5,10-12,17,19-22H,6-9,13-16,18H2,1-3H3,(H,29,30). The Bertz CT molecular complexity index is 1030. The molecule has 0 radical (unpaired) electrons. The number of pyridine rings is 1. The molecule has 1 amide bonds. The minimum absolute atomic E-state index is 0.0376. The second-order valence-electron chi connectivity index (χ2n) is 10.4. The van der Waals surface area contributed by atoms with Gasteiger partial charge in [0.05, 0.1) is 43.3 Å². The number of ether oxygens (including phenoxy) is 2. The number of aromatic nitrogens is 1. The molecule has 1 atom stereocenters. The summed E-state index contributed by atoms with van der Waals surface area (Å²) in [6, 6.07) is 10.4. The summed E-state index contributed by atoms with van der Waals surface area (Å²) in [6.45, 7) is 10.1. The third kappa shape index (κ3) is 5.31. The van der Waals surface area contributed by atoms with Gasteiger partial charge in [0.25, 0.3) is 0 Å². The molecule has 2 aromatic rings. The second kappa shape index (κ2) is 10.5. The van der Waals surface area contributed by atoms with E-state index in [-0.39, 0.29) is 24.0 Å². The fraction of sp³-hybridized carbons (Fsp3) is 0.571. The number of hydrogen-bond donors (Lipinski definition) is 1. The van der Waals surface area contributed by atoms with Crippen molar-refractivity contribution in [1.29, 1.82) is 0 Å². The molecule has 1 saturated carbocycles. The number of carbonyl (C=O) groups is 1. The van der Waals surface area contributed by atoms with E-state index < -0.39 is 0 Å². The smallest absolute Gasteiger partial charge is 0.230 e. The molecule has 188 valence electrons. The number of nitrogens with zero attached hydrogens (tertiary/aromatic N) is 3. The lowest BCUT2D eigenvalue weighted by Crippen LogP contribution is -2.39. The van der Waals surface area contributed by atoms with Crippen LogP contribution in [-0.2, 0) is 20.8 Å². The summed E-state index contributed by atoms with van der Waals surface area (Å²) < 4.78 is 11.6. The Morgan fingerprint density at radius 3 is 2.63 bits per heavy atom. The summed E-state index contributed by atoms with van der Waals surface area (Å²) in [5.41, 5.74) is 4.04. The molecule has 7 heteroatoms. The van der Waals surface area contributed by atoms with Crippen LogP contribution in [0, 0.1) is 11.8 Å². The Morgan fingerprint density at radius 1 is 1.11 bits per heavy atom. The molecule has 0 spiro atoms. The van der Waals surface area contributed by atoms with Crippen LogP contribution in [0.15, 0.2) is 36.5 Å². The number of hydrogen-bond acceptors (Lipinski definition) is 6. The number of anilines is 4. The number of benzene rings is 1. The first-order valence-corrected chi connectivity index (χ1v) is 13.1. The Labute approximate surface area is 208 Å². The minimum Gasteiger partial charge on any atom is -0.378 e. The van der Waals surface area contributed by atoms with Crippen LogP contribution in [0.3, 0.4) is 0 Å². The molecule has 1 N–H and O–H groups in total. The van der Waals surface area contributed by atoms with E-state index in [1.165, 1.54) is 0 Å². The number of carbonyl (C=O) groups excluding carboxylic acids is 1. The van der Waals surface area contributed by atoms with E-state index in [0.717, 1.165) is 80.4 Å². The van der Waals surface area contributed by atoms with Crippen molar-refractivity contribution in [3.8, 4) is 0 Å². The van der Waals surface area contributed by atoms with Gasteiger partial charge in [0, 0.05) is 36.5 Å². The highest BCUT2D eigenvalue weighted by Crippen LogP contribution is 2.40. The lowest BCUT2D eigenvalue weighted by Gasteiger charge is -2.35. The summed E-state index contributed by atoms with van der Waals surface area (Å²) in [4.78, 5) is 22.9. The van der Waals surface area contributed by atoms with Gasteiger partial charge < -0.3 is 24.6 Å². The van der Waals surface area contributed by atoms with E-state index in [1.807, 2.05) is 11.0 Å². The lowest BCUT2D eigenvalue weighted by atomic mass is 9.79. The number of rotatable bonds is 5. The maximum absolute atomic E-state index is 14.0. The molecule has 3 aliphatic rings. The third-order valence-electron chi connectivity index (χ3n) is 7.66. The summed E-state index contributed by atoms with van der Waals surface area (Å²) >= 11 is 0. The summed E-state index contributed by atoms with van der Waals surface area (Å²) in [7, 11) is 0. The zero-order chi connectivity index (χ0) is 24.4. The molecule has 7 nitrogen and oxygen atoms in total. The van der Waals surface area contributed by atoms with Crippen LogP contribution >= 0.6 is 0 Å². The molecule has 2 fully saturated rings. The van der Waals surface area contributed by atoms with Crippen molar-refractivity contribution in [1.82, 2.24) is 4.98 Å². The first kappa shape index (κ1) is 24.1. The summed E-state index contributed by atoms with van der Waals surface area (Å²) in [5.74, 6) is 1.61. The van der Waals surface area contributed by atoms with Crippen molar-refractivity contribution in [2.45, 2.75) is 65.2 Å². The fourth-order valence-corrected chi connectivity index (χ4v) is 5.72. The number of nitrogens with one attached hydrogen (secondary N) is 1. The van der Waals surface area contributed by atoms with Crippen molar-refractivity contribution in [2.24, 2.45) is 11.8 Å². The van der Waals surface area contributed by atoms with Gasteiger partial charge in [-0.25, -0.2) is 4.98 Å². The SMILES string of the molecule is CC(C)OC(C)C1CCC(C(=O)N2Cc3cccnc3Nc3ccc(N4CCOCC4)cc32)CC1. The predicted octanol–water partition coefficient (Wildman–Crippen LogP) is 5.13. The van der Waals surface area contributed by atoms with Gasteiger partial charge in [-0.2, -0.15) is 0 Å². The molecule has 1 aromatic heterocycles. The molecule has 0 bridgehead atoms. The van der Waals surface area contributed by atoms with Crippen LogP contribution in [0.25, 0.3) is 0 Å². The molecule has 1 unspecified atom stereocenters. The van der Waals surface area contributed by atoms with Crippen molar-refractivity contribution in [3.63, 3.8) is 0 Å². The van der Waals surface area contributed by atoms with E-state index in [4.69, 9.17) is 9.47 Å². The van der Waals surface area contributed by atoms with Gasteiger partial charge >= 0.3 is 0 Å². The quantitative estimate of drug-likeness (QED) is 0.643. The first-order valence-electron chi connectivity index (χ1n) is 13.1. The predicted molar refractivity (Wildman–Crippen MR) is 139 cm³/mol. The third-order valence-corrected chi connectivity index (χ3v) is 7.66. The van der Waals surface area contributed by atoms with Crippen molar-refractivity contribution in [2.75, 3.05) is 41.4 Å². The van der Waals surface area contributed by atoms with Crippen LogP contribution in [0.4, 0.5) is 22.9 Å². The van der Waals surface area contributed by atoms with Gasteiger partial charge in [0.15, 0.2) is 0 Å². The molecular formula is C28H38N4O3. The van der Waals surface area contributed by atoms with E-state index in [2.05, 4.69) is 60.2 Å². The maximum Gasteiger partial charge on any atom is 0.230 e. The Balaban J connectivity index is 1.40. The largest absolute Gasteiger partial charge is 0.378 e. The average Bonchev–Trinajstić information content (AvgIpc) is 3.05. The monoisotopic (exact) mass is 478 g/mol. The number of morpholine rings is 1. The highest BCUT2D eigenvalue weighted by atomic mass is 16.5. The van der Waals surface area contributed by atoms with Crippen molar-refractivity contribution < 1.29 is 14.3 Å². The summed E-state index contributed by atoms with van der Waals surface area (Å²) in [6.07, 6.45) is 6.18. The Hall–Kier alpha value is -2.64. The summed E-state index contributed by atoms with van der Waals surface area (Å²) in [5, 5.41) is 3.50. The number of fused-ring (bicyclic) bond motifs is 2. The zero-order valence-corrected chi connectivity index (χ0v) is 21.2. The van der Waals surface area contributed by atoms with Crippen molar-refractivity contribution in [3.05, 3.63) is 42.1 Å². The molecule has 35 heavy (non-hydrogen) atoms. The van der Waals surface area contributed by atoms with Crippen molar-refractivity contribution >= 4 is 28.8 Å². The highest BCUT2D eigenvalue weighted by Gasteiger charge is 2.34. The van der Waals surface area contributed by atoms with Gasteiger partial charge in [0.1, 0.15) is 5.82 Å². The van der Waals surface area contributed by atoms with E-state index in [1.54, 1.807) is 6.20 Å². The van der Waals surface area contributed by atoms with Gasteiger partial charge in [0.2, 0.25) is 5.91 Å². The highest BCUT2D eigenvalue weighted by molar-refractivity contribution is 6.00. The van der Waals surface area contributed by atoms with Gasteiger partial charge in [-0.3, -0.25) is 4.79 Å². The molecule has 2 aliphatic heterocycles. The second-order valence-corrected chi connectivity index (χ2v) is 10.4. The minimum atomic E-state index is 0.0376. The Kier molecular flexibility index (Phi) is 7.25. The van der Waals surface area contributed by atoms with Crippen LogP contribution in [0.5, 0.6) is 0 Å². The van der Waals surface area contributed by atoms with Crippen LogP contribution in [0.2, 0.25) is 0 Å². The molecular weight excluding hydrogens is 440 g/mol. The van der Waals surface area contributed by atoms with Crippen LogP contribution in [-0.4, -0.2) is 49.4 Å². The topological polar surface area (TPSA) is 66.9 Å². The Morgan fingerprint density at radius 2 is 1.89 bits per heavy atom. The van der Waals surface area contributed by atoms with Gasteiger partial charge in [-0.15, -0.1) is 0 Å². The molecule has 3 heterocycles. The van der Waals surface area contributed by atoms with Gasteiger partial charge in [-0.1, -0.05) is 6.07 Å². The van der Waals surface area contributed by atoms with E-state index in [9.17, 15) is 4.79 Å². The molecule has 1 saturated heterocycles. The average molecular weight is 479 g/mol. The normalized spacial score (nSPS) is 23.2. The van der Waals surface area contributed by atoms with E-state index in [0.29, 0.717) is 12.5 Å². The van der Waals surface area contributed by atoms with Gasteiger partial charge in [-0.05, 0) is 76.6 Å². The zero-order valence-electron chi connectivity index (χ0n) is 21.2. The maximum atomic E-state index is 14.0. The molecule has 1 aliphatic carbocycles. The fourth-order valence-electron chi connectivity index (χ4n) is 5.72. The van der Waals surface area contributed by atoms with Crippen LogP contribution in [0.1, 0.15) is 52.0 Å². The van der Waals surface area contributed by atoms with Crippen LogP contribution < -0.4 is 15.1 Å². The molecule has 1 aromatic carbocycles. The molecule has 5 rings (SSSR count). The number of amides is 1. The first-order chi connectivity index (χ1) is 17.0. The van der Waals surface area contributed by atoms with E-state index >= 15 is 0 Å².